The molecule has 1 fully saturated rings. The lowest BCUT2D eigenvalue weighted by Crippen LogP contribution is -2.04. The number of carbonyl (C=O) groups excluding carboxylic acids is 1. The van der Waals surface area contributed by atoms with Crippen LogP contribution in [0.2, 0.25) is 0 Å². The van der Waals surface area contributed by atoms with Gasteiger partial charge in [0.2, 0.25) is 0 Å². The Bertz CT molecular complexity index is 376. The Labute approximate surface area is 96.9 Å². The first kappa shape index (κ1) is 11.4. The summed E-state index contributed by atoms with van der Waals surface area (Å²) in [4.78, 5) is 15.2. The minimum atomic E-state index is 0.637. The number of imidazole rings is 1. The summed E-state index contributed by atoms with van der Waals surface area (Å²) in [5.74, 6) is 1.80. The molecule has 1 aliphatic carbocycles. The van der Waals surface area contributed by atoms with Crippen LogP contribution >= 0.6 is 0 Å². The van der Waals surface area contributed by atoms with E-state index < -0.39 is 0 Å². The summed E-state index contributed by atoms with van der Waals surface area (Å²) in [6.45, 7) is 1.95. The zero-order valence-electron chi connectivity index (χ0n) is 10.2. The number of hydrogen-bond donors (Lipinski definition) is 0. The molecule has 3 heteroatoms. The Morgan fingerprint density at radius 3 is 2.75 bits per heavy atom. The van der Waals surface area contributed by atoms with Gasteiger partial charge in [-0.05, 0) is 25.7 Å². The molecule has 1 aromatic rings. The molecule has 0 amide bonds. The smallest absolute Gasteiger partial charge is 0.170 e. The van der Waals surface area contributed by atoms with Crippen molar-refractivity contribution in [3.63, 3.8) is 0 Å². The molecule has 88 valence electrons. The Kier molecular flexibility index (Phi) is 3.42. The lowest BCUT2D eigenvalue weighted by Gasteiger charge is -2.09. The fourth-order valence-corrected chi connectivity index (χ4v) is 2.71. The Morgan fingerprint density at radius 1 is 1.44 bits per heavy atom. The summed E-state index contributed by atoms with van der Waals surface area (Å²) in [5.41, 5.74) is 1.75. The minimum absolute atomic E-state index is 0.637. The fourth-order valence-electron chi connectivity index (χ4n) is 2.71. The molecule has 0 atom stereocenters. The van der Waals surface area contributed by atoms with Gasteiger partial charge in [0, 0.05) is 12.7 Å². The first-order chi connectivity index (χ1) is 7.72. The van der Waals surface area contributed by atoms with Gasteiger partial charge >= 0.3 is 0 Å². The largest absolute Gasteiger partial charge is 0.335 e. The highest BCUT2D eigenvalue weighted by atomic mass is 16.1. The standard InChI is InChI=1S/C13H20N2O/c1-10-14-12(9-16)13(15(10)2)8-7-11-5-3-4-6-11/h9,11H,3-8H2,1-2H3. The van der Waals surface area contributed by atoms with E-state index in [2.05, 4.69) is 9.55 Å². The van der Waals surface area contributed by atoms with Crippen molar-refractivity contribution in [2.75, 3.05) is 0 Å². The third kappa shape index (κ3) is 2.18. The van der Waals surface area contributed by atoms with Gasteiger partial charge in [-0.25, -0.2) is 4.98 Å². The number of aryl methyl sites for hydroxylation is 1. The molecule has 0 aromatic carbocycles. The molecule has 0 spiro atoms. The van der Waals surface area contributed by atoms with Gasteiger partial charge < -0.3 is 4.57 Å². The number of aromatic nitrogens is 2. The van der Waals surface area contributed by atoms with Gasteiger partial charge in [-0.3, -0.25) is 4.79 Å². The van der Waals surface area contributed by atoms with Gasteiger partial charge in [0.1, 0.15) is 11.5 Å². The summed E-state index contributed by atoms with van der Waals surface area (Å²) in [5, 5.41) is 0. The van der Waals surface area contributed by atoms with E-state index in [0.717, 1.165) is 30.1 Å². The summed E-state index contributed by atoms with van der Waals surface area (Å²) in [6.07, 6.45) is 8.60. The molecule has 3 nitrogen and oxygen atoms in total. The van der Waals surface area contributed by atoms with E-state index in [0.29, 0.717) is 5.69 Å². The van der Waals surface area contributed by atoms with E-state index in [4.69, 9.17) is 0 Å². The number of carbonyl (C=O) groups is 1. The fraction of sp³-hybridized carbons (Fsp3) is 0.692. The van der Waals surface area contributed by atoms with Crippen molar-refractivity contribution in [1.29, 1.82) is 0 Å². The van der Waals surface area contributed by atoms with Crippen LogP contribution < -0.4 is 0 Å². The molecule has 0 radical (unpaired) electrons. The van der Waals surface area contributed by atoms with Crippen LogP contribution in [0.15, 0.2) is 0 Å². The molecule has 1 saturated carbocycles. The first-order valence-electron chi connectivity index (χ1n) is 6.19. The van der Waals surface area contributed by atoms with Crippen LogP contribution in [0.5, 0.6) is 0 Å². The van der Waals surface area contributed by atoms with Gasteiger partial charge in [0.15, 0.2) is 6.29 Å². The average Bonchev–Trinajstić information content (AvgIpc) is 2.87. The Hall–Kier alpha value is -1.12. The zero-order valence-corrected chi connectivity index (χ0v) is 10.2. The highest BCUT2D eigenvalue weighted by Gasteiger charge is 2.17. The predicted molar refractivity (Wildman–Crippen MR) is 63.6 cm³/mol. The maximum absolute atomic E-state index is 10.9. The molecule has 1 aromatic heterocycles. The molecule has 16 heavy (non-hydrogen) atoms. The molecule has 0 unspecified atom stereocenters. The monoisotopic (exact) mass is 220 g/mol. The third-order valence-corrected chi connectivity index (χ3v) is 3.84. The quantitative estimate of drug-likeness (QED) is 0.731. The van der Waals surface area contributed by atoms with Crippen LogP contribution in [0.25, 0.3) is 0 Å². The molecular weight excluding hydrogens is 200 g/mol. The second kappa shape index (κ2) is 4.81. The highest BCUT2D eigenvalue weighted by Crippen LogP contribution is 2.29. The van der Waals surface area contributed by atoms with Crippen molar-refractivity contribution >= 4 is 6.29 Å². The van der Waals surface area contributed by atoms with Crippen molar-refractivity contribution in [2.45, 2.75) is 45.4 Å². The summed E-state index contributed by atoms with van der Waals surface area (Å²) in [6, 6.07) is 0. The van der Waals surface area contributed by atoms with E-state index in [1.54, 1.807) is 0 Å². The highest BCUT2D eigenvalue weighted by molar-refractivity contribution is 5.73. The van der Waals surface area contributed by atoms with Gasteiger partial charge in [0.05, 0.1) is 0 Å². The summed E-state index contributed by atoms with van der Waals surface area (Å²) < 4.78 is 2.05. The SMILES string of the molecule is Cc1nc(C=O)c(CCC2CCCC2)n1C. The van der Waals surface area contributed by atoms with Crippen molar-refractivity contribution in [3.05, 3.63) is 17.2 Å². The van der Waals surface area contributed by atoms with Crippen molar-refractivity contribution in [1.82, 2.24) is 9.55 Å². The second-order valence-corrected chi connectivity index (χ2v) is 4.86. The maximum atomic E-state index is 10.9. The molecule has 0 aliphatic heterocycles. The van der Waals surface area contributed by atoms with Crippen molar-refractivity contribution in [3.8, 4) is 0 Å². The molecule has 2 rings (SSSR count). The van der Waals surface area contributed by atoms with Crippen LogP contribution in [0.4, 0.5) is 0 Å². The van der Waals surface area contributed by atoms with Crippen LogP contribution in [0.1, 0.15) is 54.1 Å². The van der Waals surface area contributed by atoms with E-state index in [-0.39, 0.29) is 0 Å². The van der Waals surface area contributed by atoms with Crippen molar-refractivity contribution in [2.24, 2.45) is 13.0 Å². The molecule has 1 heterocycles. The molecule has 1 aliphatic rings. The molecule has 0 bridgehead atoms. The number of rotatable bonds is 4. The molecular formula is C13H20N2O. The molecule has 0 N–H and O–H groups in total. The Morgan fingerprint density at radius 2 is 2.12 bits per heavy atom. The molecule has 0 saturated heterocycles. The average molecular weight is 220 g/mol. The Balaban J connectivity index is 2.04. The second-order valence-electron chi connectivity index (χ2n) is 4.86. The lowest BCUT2D eigenvalue weighted by atomic mass is 10.00. The first-order valence-corrected chi connectivity index (χ1v) is 6.19. The number of aldehydes is 1. The van der Waals surface area contributed by atoms with Crippen LogP contribution in [0, 0.1) is 12.8 Å². The minimum Gasteiger partial charge on any atom is -0.335 e. The topological polar surface area (TPSA) is 34.9 Å². The van der Waals surface area contributed by atoms with Crippen LogP contribution in [0.3, 0.4) is 0 Å². The van der Waals surface area contributed by atoms with E-state index in [1.807, 2.05) is 14.0 Å². The van der Waals surface area contributed by atoms with Gasteiger partial charge in [-0.1, -0.05) is 25.7 Å². The van der Waals surface area contributed by atoms with Crippen molar-refractivity contribution < 1.29 is 4.79 Å². The number of nitrogens with zero attached hydrogens (tertiary/aromatic N) is 2. The van der Waals surface area contributed by atoms with Crippen LogP contribution in [-0.2, 0) is 13.5 Å². The number of hydrogen-bond acceptors (Lipinski definition) is 2. The van der Waals surface area contributed by atoms with E-state index in [1.165, 1.54) is 32.1 Å². The lowest BCUT2D eigenvalue weighted by molar-refractivity contribution is 0.111. The summed E-state index contributed by atoms with van der Waals surface area (Å²) >= 11 is 0. The van der Waals surface area contributed by atoms with E-state index >= 15 is 0 Å². The van der Waals surface area contributed by atoms with Gasteiger partial charge in [0.25, 0.3) is 0 Å². The zero-order chi connectivity index (χ0) is 11.5. The van der Waals surface area contributed by atoms with Crippen LogP contribution in [-0.4, -0.2) is 15.8 Å². The maximum Gasteiger partial charge on any atom is 0.170 e. The normalized spacial score (nSPS) is 16.9. The third-order valence-electron chi connectivity index (χ3n) is 3.84. The van der Waals surface area contributed by atoms with E-state index in [9.17, 15) is 4.79 Å². The predicted octanol–water partition coefficient (Wildman–Crippen LogP) is 2.66. The van der Waals surface area contributed by atoms with Gasteiger partial charge in [-0.15, -0.1) is 0 Å². The van der Waals surface area contributed by atoms with Gasteiger partial charge in [-0.2, -0.15) is 0 Å². The summed E-state index contributed by atoms with van der Waals surface area (Å²) in [7, 11) is 2.00.